The highest BCUT2D eigenvalue weighted by Crippen LogP contribution is 2.54. The first-order valence-electron chi connectivity index (χ1n) is 11.0. The summed E-state index contributed by atoms with van der Waals surface area (Å²) in [7, 11) is 0. The van der Waals surface area contributed by atoms with Gasteiger partial charge in [0, 0.05) is 35.1 Å². The number of Topliss-reactive ketones (excluding diaryl/α,β-unsaturated/α-hetero) is 4. The summed E-state index contributed by atoms with van der Waals surface area (Å²) >= 11 is 6.04. The third-order valence-electron chi connectivity index (χ3n) is 7.92. The number of benzene rings is 1. The first kappa shape index (κ1) is 24.5. The van der Waals surface area contributed by atoms with Gasteiger partial charge in [-0.15, -0.1) is 11.6 Å². The number of carbonyl (C=O) groups excluding carboxylic acids is 5. The molecule has 0 bridgehead atoms. The number of ketones is 4. The number of alkyl halides is 1. The molecule has 7 atom stereocenters. The molecule has 34 heavy (non-hydrogen) atoms. The lowest BCUT2D eigenvalue weighted by Gasteiger charge is -2.53. The highest BCUT2D eigenvalue weighted by atomic mass is 35.5. The van der Waals surface area contributed by atoms with E-state index in [1.165, 1.54) is 0 Å². The van der Waals surface area contributed by atoms with Crippen LogP contribution in [0.2, 0.25) is 0 Å². The van der Waals surface area contributed by atoms with Crippen molar-refractivity contribution in [3.05, 3.63) is 28.8 Å². The van der Waals surface area contributed by atoms with Crippen molar-refractivity contribution in [2.75, 3.05) is 5.88 Å². The van der Waals surface area contributed by atoms with Gasteiger partial charge in [0.2, 0.25) is 5.91 Å². The van der Waals surface area contributed by atoms with Crippen LogP contribution in [0.15, 0.2) is 12.1 Å². The van der Waals surface area contributed by atoms with E-state index in [4.69, 9.17) is 17.3 Å². The molecule has 2 unspecified atom stereocenters. The number of aliphatic hydroxyl groups excluding tert-OH is 1. The summed E-state index contributed by atoms with van der Waals surface area (Å²) in [4.78, 5) is 64.4. The van der Waals surface area contributed by atoms with E-state index in [1.54, 1.807) is 32.9 Å². The van der Waals surface area contributed by atoms with Gasteiger partial charge in [-0.05, 0) is 11.5 Å². The minimum Gasteiger partial charge on any atom is -0.507 e. The van der Waals surface area contributed by atoms with Crippen LogP contribution in [-0.4, -0.2) is 61.9 Å². The number of aliphatic hydroxyl groups is 2. The summed E-state index contributed by atoms with van der Waals surface area (Å²) in [5.74, 6) is -12.8. The molecule has 2 fully saturated rings. The number of primary amides is 1. The average Bonchev–Trinajstić information content (AvgIpc) is 2.76. The quantitative estimate of drug-likeness (QED) is 0.347. The van der Waals surface area contributed by atoms with Crippen LogP contribution >= 0.6 is 11.6 Å². The van der Waals surface area contributed by atoms with E-state index in [1.807, 2.05) is 0 Å². The normalized spacial score (nSPS) is 35.5. The van der Waals surface area contributed by atoms with Crippen molar-refractivity contribution in [2.45, 2.75) is 50.2 Å². The smallest absolute Gasteiger partial charge is 0.235 e. The topological polar surface area (TPSA) is 172 Å². The molecule has 0 aliphatic heterocycles. The van der Waals surface area contributed by atoms with Gasteiger partial charge in [0.1, 0.15) is 5.75 Å². The summed E-state index contributed by atoms with van der Waals surface area (Å²) in [5, 5.41) is 33.5. The highest BCUT2D eigenvalue weighted by Gasteiger charge is 2.69. The Hall–Kier alpha value is -2.62. The minimum absolute atomic E-state index is 0.127. The van der Waals surface area contributed by atoms with Crippen LogP contribution in [0.4, 0.5) is 0 Å². The lowest BCUT2D eigenvalue weighted by atomic mass is 9.50. The predicted octanol–water partition coefficient (Wildman–Crippen LogP) is 0.375. The summed E-state index contributed by atoms with van der Waals surface area (Å²) in [6.45, 7) is 5.20. The van der Waals surface area contributed by atoms with Crippen LogP contribution in [-0.2, 0) is 24.6 Å². The van der Waals surface area contributed by atoms with E-state index in [2.05, 4.69) is 0 Å². The summed E-state index contributed by atoms with van der Waals surface area (Å²) in [6.07, 6.45) is -2.20. The Labute approximate surface area is 200 Å². The van der Waals surface area contributed by atoms with Crippen LogP contribution in [0.3, 0.4) is 0 Å². The van der Waals surface area contributed by atoms with Gasteiger partial charge in [0.25, 0.3) is 0 Å². The van der Waals surface area contributed by atoms with Crippen molar-refractivity contribution < 1.29 is 39.3 Å². The predicted molar refractivity (Wildman–Crippen MR) is 118 cm³/mol. The second-order valence-electron chi connectivity index (χ2n) is 10.2. The fraction of sp³-hybridized carbons (Fsp3) is 0.542. The Bertz CT molecular complexity index is 1160. The second-order valence-corrected chi connectivity index (χ2v) is 10.5. The number of carbonyl (C=O) groups is 5. The van der Waals surface area contributed by atoms with Crippen LogP contribution in [0.5, 0.6) is 5.75 Å². The van der Waals surface area contributed by atoms with Gasteiger partial charge >= 0.3 is 0 Å². The van der Waals surface area contributed by atoms with Gasteiger partial charge in [-0.3, -0.25) is 24.0 Å². The molecular weight excluding hydrogens is 466 g/mol. The molecule has 0 spiro atoms. The monoisotopic (exact) mass is 491 g/mol. The molecule has 9 nitrogen and oxygen atoms in total. The van der Waals surface area contributed by atoms with Crippen LogP contribution in [0.25, 0.3) is 0 Å². The van der Waals surface area contributed by atoms with Crippen molar-refractivity contribution in [2.24, 2.45) is 29.4 Å². The lowest BCUT2D eigenvalue weighted by Crippen LogP contribution is -2.72. The van der Waals surface area contributed by atoms with Gasteiger partial charge < -0.3 is 21.1 Å². The Morgan fingerprint density at radius 1 is 1.21 bits per heavy atom. The van der Waals surface area contributed by atoms with Crippen molar-refractivity contribution in [1.29, 1.82) is 0 Å². The number of amides is 1. The number of rotatable bonds is 3. The average molecular weight is 492 g/mol. The van der Waals surface area contributed by atoms with Gasteiger partial charge in [-0.1, -0.05) is 32.9 Å². The molecule has 3 aliphatic carbocycles. The van der Waals surface area contributed by atoms with E-state index < -0.39 is 82.2 Å². The Morgan fingerprint density at radius 2 is 1.82 bits per heavy atom. The fourth-order valence-electron chi connectivity index (χ4n) is 5.97. The number of hydrogen-bond donors (Lipinski definition) is 4. The third-order valence-corrected chi connectivity index (χ3v) is 8.59. The molecule has 0 aromatic heterocycles. The zero-order chi connectivity index (χ0) is 25.5. The van der Waals surface area contributed by atoms with Crippen molar-refractivity contribution >= 4 is 40.6 Å². The van der Waals surface area contributed by atoms with Crippen LogP contribution in [0, 0.1) is 23.7 Å². The molecule has 5 N–H and O–H groups in total. The summed E-state index contributed by atoms with van der Waals surface area (Å²) in [5.41, 5.74) is 2.18. The van der Waals surface area contributed by atoms with E-state index in [0.29, 0.717) is 11.1 Å². The zero-order valence-corrected chi connectivity index (χ0v) is 19.6. The molecule has 1 aromatic rings. The number of phenolic OH excluding ortho intramolecular Hbond substituents is 1. The van der Waals surface area contributed by atoms with Crippen molar-refractivity contribution in [3.63, 3.8) is 0 Å². The molecule has 0 radical (unpaired) electrons. The molecule has 0 saturated heterocycles. The molecule has 4 rings (SSSR count). The Balaban J connectivity index is 1.90. The van der Waals surface area contributed by atoms with Gasteiger partial charge in [0.15, 0.2) is 34.7 Å². The van der Waals surface area contributed by atoms with Crippen LogP contribution in [0.1, 0.15) is 54.6 Å². The molecule has 3 aliphatic rings. The number of aromatic hydroxyl groups is 1. The number of halogens is 1. The Morgan fingerprint density at radius 3 is 2.38 bits per heavy atom. The maximum absolute atomic E-state index is 13.6. The van der Waals surface area contributed by atoms with Crippen molar-refractivity contribution in [3.8, 4) is 5.75 Å². The lowest BCUT2D eigenvalue weighted by molar-refractivity contribution is -0.189. The van der Waals surface area contributed by atoms with E-state index >= 15 is 0 Å². The molecule has 2 saturated carbocycles. The summed E-state index contributed by atoms with van der Waals surface area (Å²) in [6, 6.07) is 3.27. The first-order chi connectivity index (χ1) is 15.7. The van der Waals surface area contributed by atoms with Crippen LogP contribution < -0.4 is 5.73 Å². The van der Waals surface area contributed by atoms with Gasteiger partial charge in [0.05, 0.1) is 17.6 Å². The molecule has 1 amide bonds. The third kappa shape index (κ3) is 2.96. The Kier molecular flexibility index (Phi) is 5.54. The molecule has 0 heterocycles. The number of hydrogen-bond acceptors (Lipinski definition) is 8. The number of phenols is 1. The maximum Gasteiger partial charge on any atom is 0.235 e. The molecule has 10 heteroatoms. The van der Waals surface area contributed by atoms with Crippen molar-refractivity contribution in [1.82, 2.24) is 0 Å². The van der Waals surface area contributed by atoms with Gasteiger partial charge in [-0.25, -0.2) is 0 Å². The molecule has 1 aromatic carbocycles. The number of nitrogens with two attached hydrogens (primary N) is 1. The van der Waals surface area contributed by atoms with E-state index in [-0.39, 0.29) is 17.2 Å². The fourth-order valence-corrected chi connectivity index (χ4v) is 6.12. The second kappa shape index (κ2) is 7.69. The molecule has 182 valence electrons. The standard InChI is InChI=1S/C24H26ClNO8/c1-8-9-4-5-10(23(2,3)7-25)17(28)14(9)19(30)16-13(8)18(29)11-6-12(27)15(22(26)33)20(31)24(11,34)21(16)32/h4-5,8,11,13,15-16,18,28-29,34H,6-7H2,1-3H3,(H2,26,33)/t8-,11+,13+,15?,16?,18+,24+/m0/s1. The van der Waals surface area contributed by atoms with E-state index in [9.17, 15) is 39.3 Å². The highest BCUT2D eigenvalue weighted by molar-refractivity contribution is 6.31. The number of fused-ring (bicyclic) bond motifs is 3. The summed E-state index contributed by atoms with van der Waals surface area (Å²) < 4.78 is 0. The zero-order valence-electron chi connectivity index (χ0n) is 18.9. The first-order valence-corrected chi connectivity index (χ1v) is 11.5. The SMILES string of the molecule is C[C@H]1c2ccc(C(C)(C)CCl)c(O)c2C(=O)C2C(=O)[C@]3(O)C(=O)C(C(N)=O)C(=O)C[C@@H]3[C@@H](O)[C@@H]21. The van der Waals surface area contributed by atoms with E-state index in [0.717, 1.165) is 0 Å². The largest absolute Gasteiger partial charge is 0.507 e. The van der Waals surface area contributed by atoms with Gasteiger partial charge in [-0.2, -0.15) is 0 Å². The minimum atomic E-state index is -2.93. The molecular formula is C24H26ClNO8. The maximum atomic E-state index is 13.6.